The predicted octanol–water partition coefficient (Wildman–Crippen LogP) is 0.714. The number of carbonyl (C=O) groups is 1. The van der Waals surface area contributed by atoms with Crippen molar-refractivity contribution in [3.05, 3.63) is 42.7 Å². The molecule has 0 aliphatic carbocycles. The molecule has 82 valence electrons. The van der Waals surface area contributed by atoms with Gasteiger partial charge in [-0.2, -0.15) is 0 Å². The molecule has 0 aromatic heterocycles. The van der Waals surface area contributed by atoms with Crippen molar-refractivity contribution in [3.8, 4) is 0 Å². The van der Waals surface area contributed by atoms with Gasteiger partial charge in [0.15, 0.2) is 0 Å². The van der Waals surface area contributed by atoms with E-state index in [4.69, 9.17) is 0 Å². The molecule has 0 aliphatic rings. The Balaban J connectivity index is 4.46. The number of ether oxygens (including phenoxy) is 2. The molecule has 0 saturated carbocycles. The van der Waals surface area contributed by atoms with E-state index in [9.17, 15) is 9.90 Å². The Kier molecular flexibility index (Phi) is 6.63. The van der Waals surface area contributed by atoms with Gasteiger partial charge in [0.05, 0.1) is 37.2 Å². The maximum Gasteiger partial charge on any atom is 0.337 e. The van der Waals surface area contributed by atoms with Crippen LogP contribution in [0, 0.1) is 6.42 Å². The third-order valence-corrected chi connectivity index (χ3v) is 1.57. The van der Waals surface area contributed by atoms with Crippen molar-refractivity contribution in [2.75, 3.05) is 14.2 Å². The lowest BCUT2D eigenvalue weighted by Crippen LogP contribution is -2.16. The summed E-state index contributed by atoms with van der Waals surface area (Å²) in [6, 6.07) is 0. The first-order chi connectivity index (χ1) is 7.17. The first-order valence-electron chi connectivity index (χ1n) is 4.30. The molecule has 0 saturated heterocycles. The zero-order valence-corrected chi connectivity index (χ0v) is 8.86. The summed E-state index contributed by atoms with van der Waals surface area (Å²) in [5.41, 5.74) is -0.0336. The molecule has 0 radical (unpaired) electrons. The fourth-order valence-corrected chi connectivity index (χ4v) is 0.839. The molecule has 0 N–H and O–H groups in total. The second-order valence-electron chi connectivity index (χ2n) is 2.52. The minimum absolute atomic E-state index is 0.0336. The van der Waals surface area contributed by atoms with Gasteiger partial charge in [0, 0.05) is 12.5 Å². The second kappa shape index (κ2) is 7.55. The normalized spacial score (nSPS) is 11.9. The third kappa shape index (κ3) is 4.81. The fourth-order valence-electron chi connectivity index (χ4n) is 0.839. The van der Waals surface area contributed by atoms with Crippen LogP contribution >= 0.6 is 0 Å². The summed E-state index contributed by atoms with van der Waals surface area (Å²) in [4.78, 5) is 11.2. The van der Waals surface area contributed by atoms with Crippen molar-refractivity contribution in [2.24, 2.45) is 0 Å². The molecule has 0 unspecified atom stereocenters. The number of carbonyl (C=O) groups excluding carboxylic acids is 1. The quantitative estimate of drug-likeness (QED) is 0.213. The Hall–Kier alpha value is -1.84. The molecule has 0 bridgehead atoms. The predicted molar refractivity (Wildman–Crippen MR) is 54.3 cm³/mol. The van der Waals surface area contributed by atoms with Crippen molar-refractivity contribution in [1.82, 2.24) is 0 Å². The van der Waals surface area contributed by atoms with Crippen LogP contribution in [0.4, 0.5) is 0 Å². The number of rotatable bonds is 6. The standard InChI is InChI=1S/C11H14O4/c1-4-5-6-7-8-9(10(12)14-2)11(13)15-3/h4-7H,1,8H2,2-3H3/b6-5+. The van der Waals surface area contributed by atoms with E-state index in [0.29, 0.717) is 0 Å². The van der Waals surface area contributed by atoms with Crippen LogP contribution in [0.2, 0.25) is 0 Å². The zero-order chi connectivity index (χ0) is 11.7. The number of allylic oxidation sites excluding steroid dienone is 3. The Morgan fingerprint density at radius 2 is 2.13 bits per heavy atom. The van der Waals surface area contributed by atoms with Crippen molar-refractivity contribution >= 4 is 5.97 Å². The number of esters is 1. The highest BCUT2D eigenvalue weighted by atomic mass is 16.6. The van der Waals surface area contributed by atoms with Crippen LogP contribution in [0.1, 0.15) is 6.42 Å². The maximum absolute atomic E-state index is 11.2. The highest BCUT2D eigenvalue weighted by Crippen LogP contribution is 2.10. The van der Waals surface area contributed by atoms with Crippen LogP contribution in [-0.2, 0) is 14.3 Å². The number of methoxy groups -OCH3 is 2. The monoisotopic (exact) mass is 210 g/mol. The lowest BCUT2D eigenvalue weighted by atomic mass is 10.1. The smallest absolute Gasteiger partial charge is 0.337 e. The third-order valence-electron chi connectivity index (χ3n) is 1.57. The summed E-state index contributed by atoms with van der Waals surface area (Å²) in [7, 11) is 2.43. The fraction of sp³-hybridized carbons (Fsp3) is 0.273. The molecule has 0 fully saturated rings. The highest BCUT2D eigenvalue weighted by molar-refractivity contribution is 5.88. The second-order valence-corrected chi connectivity index (χ2v) is 2.52. The number of hydrogen-bond acceptors (Lipinski definition) is 4. The molecule has 0 aromatic rings. The van der Waals surface area contributed by atoms with Gasteiger partial charge in [-0.25, -0.2) is 4.79 Å². The van der Waals surface area contributed by atoms with Gasteiger partial charge in [0.25, 0.3) is 0 Å². The summed E-state index contributed by atoms with van der Waals surface area (Å²) in [6.07, 6.45) is 6.77. The van der Waals surface area contributed by atoms with Gasteiger partial charge in [-0.05, 0) is 7.11 Å². The Morgan fingerprint density at radius 3 is 2.60 bits per heavy atom. The first-order valence-corrected chi connectivity index (χ1v) is 4.30. The minimum Gasteiger partial charge on any atom is -0.616 e. The average Bonchev–Trinajstić information content (AvgIpc) is 2.27. The van der Waals surface area contributed by atoms with E-state index >= 15 is 0 Å². The van der Waals surface area contributed by atoms with Crippen molar-refractivity contribution in [1.29, 1.82) is 0 Å². The van der Waals surface area contributed by atoms with Crippen molar-refractivity contribution in [2.45, 2.75) is 6.42 Å². The van der Waals surface area contributed by atoms with E-state index in [1.165, 1.54) is 14.2 Å². The number of hydrogen-bond donors (Lipinski definition) is 0. The zero-order valence-electron chi connectivity index (χ0n) is 8.86. The van der Waals surface area contributed by atoms with Crippen LogP contribution in [0.5, 0.6) is 0 Å². The molecule has 4 heteroatoms. The summed E-state index contributed by atoms with van der Waals surface area (Å²) in [5.74, 6) is -1.35. The largest absolute Gasteiger partial charge is 0.616 e. The van der Waals surface area contributed by atoms with E-state index in [-0.39, 0.29) is 12.0 Å². The van der Waals surface area contributed by atoms with E-state index in [1.807, 2.05) is 0 Å². The van der Waals surface area contributed by atoms with E-state index in [0.717, 1.165) is 0 Å². The first kappa shape index (κ1) is 13.2. The minimum atomic E-state index is -0.676. The molecule has 0 aromatic carbocycles. The molecule has 0 spiro atoms. The molecule has 0 aliphatic heterocycles. The lowest BCUT2D eigenvalue weighted by molar-refractivity contribution is -0.355. The van der Waals surface area contributed by atoms with Gasteiger partial charge in [0.1, 0.15) is 0 Å². The Labute approximate surface area is 89.5 Å². The Morgan fingerprint density at radius 1 is 1.47 bits per heavy atom. The molecular weight excluding hydrogens is 196 g/mol. The molecule has 0 rings (SSSR count). The molecule has 0 atom stereocenters. The average molecular weight is 210 g/mol. The van der Waals surface area contributed by atoms with Gasteiger partial charge < -0.3 is 14.6 Å². The van der Waals surface area contributed by atoms with Crippen LogP contribution in [0.15, 0.2) is 36.3 Å². The highest BCUT2D eigenvalue weighted by Gasteiger charge is 2.13. The van der Waals surface area contributed by atoms with E-state index in [1.54, 1.807) is 24.6 Å². The lowest BCUT2D eigenvalue weighted by Gasteiger charge is -2.12. The molecule has 15 heavy (non-hydrogen) atoms. The Bertz CT molecular complexity index is 276. The van der Waals surface area contributed by atoms with Crippen LogP contribution in [0.25, 0.3) is 0 Å². The topological polar surface area (TPSA) is 58.6 Å². The maximum atomic E-state index is 11.2. The van der Waals surface area contributed by atoms with Gasteiger partial charge in [-0.1, -0.05) is 6.58 Å². The van der Waals surface area contributed by atoms with Crippen LogP contribution < -0.4 is 5.11 Å². The van der Waals surface area contributed by atoms with Crippen molar-refractivity contribution < 1.29 is 19.4 Å². The van der Waals surface area contributed by atoms with Crippen molar-refractivity contribution in [3.63, 3.8) is 0 Å². The molecule has 0 amide bonds. The van der Waals surface area contributed by atoms with Gasteiger partial charge in [0.2, 0.25) is 0 Å². The molecule has 0 heterocycles. The van der Waals surface area contributed by atoms with Gasteiger partial charge >= 0.3 is 5.97 Å². The summed E-state index contributed by atoms with van der Waals surface area (Å²) in [6.45, 7) is 3.48. The van der Waals surface area contributed by atoms with Gasteiger partial charge in [-0.15, -0.1) is 0 Å². The van der Waals surface area contributed by atoms with E-state index in [2.05, 4.69) is 16.1 Å². The summed E-state index contributed by atoms with van der Waals surface area (Å²) >= 11 is 0. The SMILES string of the molecule is C=C/C=C/[CH+]C/C(C(=O)OC)=C(/[O-])OC. The van der Waals surface area contributed by atoms with Crippen LogP contribution in [-0.4, -0.2) is 20.2 Å². The van der Waals surface area contributed by atoms with Crippen LogP contribution in [0.3, 0.4) is 0 Å². The molecular formula is C11H14O4. The van der Waals surface area contributed by atoms with E-state index < -0.39 is 11.9 Å². The molecule has 4 nitrogen and oxygen atoms in total. The summed E-state index contributed by atoms with van der Waals surface area (Å²) in [5, 5.41) is 11.2. The summed E-state index contributed by atoms with van der Waals surface area (Å²) < 4.78 is 8.90. The van der Waals surface area contributed by atoms with Gasteiger partial charge in [-0.3, -0.25) is 0 Å².